The number of hydrogen-bond acceptors (Lipinski definition) is 9. The normalized spacial score (nSPS) is 24.2. The zero-order chi connectivity index (χ0) is 34.2. The second-order valence-electron chi connectivity index (χ2n) is 15.6. The zero-order valence-corrected chi connectivity index (χ0v) is 29.5. The molecule has 2 aromatic heterocycles. The summed E-state index contributed by atoms with van der Waals surface area (Å²) in [7, 11) is 3.62. The van der Waals surface area contributed by atoms with Crippen LogP contribution in [0.1, 0.15) is 103 Å². The SMILES string of the molecule is CC1c2nc(Nc3ccc(N4CCCC5(CCN(C(O)OC(C)(C)C)CC5)C4=O)cn3)ncc2C=C(C(=O)N(C)C)CC1C1CCCC1. The molecule has 4 heterocycles. The number of ether oxygens (including phenoxy) is 1. The Bertz CT molecular complexity index is 1500. The topological polar surface area (TPSA) is 124 Å². The van der Waals surface area contributed by atoms with Crippen LogP contribution in [0.4, 0.5) is 17.5 Å². The molecule has 2 N–H and O–H groups in total. The largest absolute Gasteiger partial charge is 0.356 e. The van der Waals surface area contributed by atoms with Gasteiger partial charge in [0.05, 0.1) is 28.6 Å². The van der Waals surface area contributed by atoms with E-state index in [0.717, 1.165) is 41.8 Å². The third-order valence-electron chi connectivity index (χ3n) is 11.0. The first-order valence-electron chi connectivity index (χ1n) is 17.8. The minimum absolute atomic E-state index is 0.0533. The highest BCUT2D eigenvalue weighted by atomic mass is 16.6. The average Bonchev–Trinajstić information content (AvgIpc) is 3.54. The van der Waals surface area contributed by atoms with Gasteiger partial charge in [0, 0.05) is 57.0 Å². The lowest BCUT2D eigenvalue weighted by Crippen LogP contribution is -2.56. The molecule has 4 aliphatic rings. The molecule has 2 aromatic rings. The molecule has 3 fully saturated rings. The number of aliphatic hydroxyl groups is 1. The summed E-state index contributed by atoms with van der Waals surface area (Å²) in [4.78, 5) is 46.8. The Kier molecular flexibility index (Phi) is 9.93. The highest BCUT2D eigenvalue weighted by molar-refractivity contribution is 5.99. The molecule has 11 heteroatoms. The molecule has 2 aliphatic carbocycles. The molecule has 0 bridgehead atoms. The predicted molar refractivity (Wildman–Crippen MR) is 186 cm³/mol. The number of aliphatic hydroxyl groups excluding tert-OH is 1. The number of anilines is 3. The number of piperidine rings is 2. The van der Waals surface area contributed by atoms with E-state index in [1.807, 2.05) is 69.1 Å². The Hall–Kier alpha value is -3.41. The van der Waals surface area contributed by atoms with Crippen LogP contribution in [0.15, 0.2) is 30.1 Å². The molecule has 2 amide bonds. The quantitative estimate of drug-likeness (QED) is 0.360. The lowest BCUT2D eigenvalue weighted by atomic mass is 9.71. The summed E-state index contributed by atoms with van der Waals surface area (Å²) >= 11 is 0. The van der Waals surface area contributed by atoms with Crippen molar-refractivity contribution in [3.63, 3.8) is 0 Å². The van der Waals surface area contributed by atoms with Gasteiger partial charge in [0.25, 0.3) is 0 Å². The second-order valence-corrected chi connectivity index (χ2v) is 15.6. The van der Waals surface area contributed by atoms with E-state index in [9.17, 15) is 14.7 Å². The van der Waals surface area contributed by atoms with Crippen LogP contribution in [0.5, 0.6) is 0 Å². The third-order valence-corrected chi connectivity index (χ3v) is 11.0. The number of carbonyl (C=O) groups is 2. The van der Waals surface area contributed by atoms with E-state index in [-0.39, 0.29) is 17.7 Å². The first-order chi connectivity index (χ1) is 22.8. The van der Waals surface area contributed by atoms with Crippen molar-refractivity contribution in [2.45, 2.75) is 103 Å². The van der Waals surface area contributed by atoms with Crippen LogP contribution in [0, 0.1) is 17.3 Å². The lowest BCUT2D eigenvalue weighted by Gasteiger charge is -2.47. The standard InChI is InChI=1S/C37H53N7O4/c1-24-29(25-10-7-8-11-25)21-26(32(45)42(5)6)20-27-22-39-34(41-31(24)27)40-30-13-12-28(23-38-30)44-17-9-14-37(33(44)46)15-18-43(19-16-37)35(47)48-36(2,3)4/h12-13,20,22-25,29,35,47H,7-11,14-19,21H2,1-6H3,(H,38,39,40,41). The Morgan fingerprint density at radius 2 is 1.79 bits per heavy atom. The van der Waals surface area contributed by atoms with Crippen LogP contribution in [0.25, 0.3) is 6.08 Å². The van der Waals surface area contributed by atoms with Crippen molar-refractivity contribution in [2.75, 3.05) is 43.9 Å². The van der Waals surface area contributed by atoms with Gasteiger partial charge in [0.15, 0.2) is 0 Å². The fraction of sp³-hybridized carbons (Fsp3) is 0.649. The number of hydrogen-bond donors (Lipinski definition) is 2. The van der Waals surface area contributed by atoms with Crippen molar-refractivity contribution in [3.8, 4) is 0 Å². The summed E-state index contributed by atoms with van der Waals surface area (Å²) < 4.78 is 5.75. The van der Waals surface area contributed by atoms with Gasteiger partial charge >= 0.3 is 0 Å². The van der Waals surface area contributed by atoms with Gasteiger partial charge in [-0.2, -0.15) is 0 Å². The predicted octanol–water partition coefficient (Wildman–Crippen LogP) is 5.70. The number of likely N-dealkylation sites (tertiary alicyclic amines) is 1. The van der Waals surface area contributed by atoms with E-state index in [1.54, 1.807) is 11.1 Å². The van der Waals surface area contributed by atoms with Crippen molar-refractivity contribution in [1.29, 1.82) is 0 Å². The molecule has 3 atom stereocenters. The summed E-state index contributed by atoms with van der Waals surface area (Å²) in [6, 6.07) is 3.81. The van der Waals surface area contributed by atoms with Gasteiger partial charge in [-0.1, -0.05) is 32.6 Å². The van der Waals surface area contributed by atoms with E-state index >= 15 is 0 Å². The van der Waals surface area contributed by atoms with Crippen molar-refractivity contribution in [2.24, 2.45) is 17.3 Å². The molecule has 1 saturated carbocycles. The first-order valence-corrected chi connectivity index (χ1v) is 17.8. The third kappa shape index (κ3) is 7.28. The number of aromatic nitrogens is 3. The lowest BCUT2D eigenvalue weighted by molar-refractivity contribution is -0.245. The molecule has 6 rings (SSSR count). The molecule has 1 spiro atoms. The fourth-order valence-corrected chi connectivity index (χ4v) is 8.30. The number of amides is 2. The van der Waals surface area contributed by atoms with Crippen molar-refractivity contribution in [3.05, 3.63) is 41.4 Å². The number of likely N-dealkylation sites (N-methyl/N-ethyl adjacent to an activating group) is 1. The molecule has 0 aromatic carbocycles. The molecule has 2 aliphatic heterocycles. The van der Waals surface area contributed by atoms with Crippen LogP contribution in [0.3, 0.4) is 0 Å². The Morgan fingerprint density at radius 1 is 1.06 bits per heavy atom. The van der Waals surface area contributed by atoms with Crippen LogP contribution in [-0.4, -0.2) is 87.4 Å². The molecule has 260 valence electrons. The number of pyridine rings is 1. The van der Waals surface area contributed by atoms with Crippen LogP contribution >= 0.6 is 0 Å². The Balaban J connectivity index is 1.15. The molecule has 3 unspecified atom stereocenters. The molecule has 11 nitrogen and oxygen atoms in total. The summed E-state index contributed by atoms with van der Waals surface area (Å²) in [6.45, 7) is 9.91. The number of fused-ring (bicyclic) bond motifs is 1. The Labute approximate surface area is 285 Å². The average molecular weight is 660 g/mol. The van der Waals surface area contributed by atoms with Gasteiger partial charge < -0.3 is 25.0 Å². The van der Waals surface area contributed by atoms with Gasteiger partial charge in [-0.3, -0.25) is 14.5 Å². The van der Waals surface area contributed by atoms with E-state index < -0.39 is 17.4 Å². The molecular formula is C37H53N7O4. The minimum Gasteiger partial charge on any atom is -0.356 e. The maximum atomic E-state index is 13.9. The van der Waals surface area contributed by atoms with Crippen LogP contribution < -0.4 is 10.2 Å². The summed E-state index contributed by atoms with van der Waals surface area (Å²) in [5.41, 5.74) is 2.60. The van der Waals surface area contributed by atoms with Gasteiger partial charge in [-0.05, 0) is 82.9 Å². The molecule has 0 radical (unpaired) electrons. The second kappa shape index (κ2) is 13.8. The van der Waals surface area contributed by atoms with E-state index in [4.69, 9.17) is 9.72 Å². The van der Waals surface area contributed by atoms with Crippen LogP contribution in [-0.2, 0) is 14.3 Å². The van der Waals surface area contributed by atoms with Gasteiger partial charge in [-0.25, -0.2) is 15.0 Å². The smallest absolute Gasteiger partial charge is 0.249 e. The molecular weight excluding hydrogens is 606 g/mol. The number of nitrogens with zero attached hydrogens (tertiary/aromatic N) is 6. The number of carbonyl (C=O) groups excluding carboxylic acids is 2. The summed E-state index contributed by atoms with van der Waals surface area (Å²) in [6.07, 6.45) is 13.4. The minimum atomic E-state index is -0.969. The highest BCUT2D eigenvalue weighted by Crippen LogP contribution is 2.46. The molecule has 48 heavy (non-hydrogen) atoms. The summed E-state index contributed by atoms with van der Waals surface area (Å²) in [5, 5.41) is 13.9. The monoisotopic (exact) mass is 659 g/mol. The highest BCUT2D eigenvalue weighted by Gasteiger charge is 2.47. The zero-order valence-electron chi connectivity index (χ0n) is 29.5. The first kappa shape index (κ1) is 34.5. The van der Waals surface area contributed by atoms with E-state index in [2.05, 4.69) is 22.2 Å². The fourth-order valence-electron chi connectivity index (χ4n) is 8.30. The van der Waals surface area contributed by atoms with E-state index in [0.29, 0.717) is 56.1 Å². The summed E-state index contributed by atoms with van der Waals surface area (Å²) in [5.74, 6) is 2.39. The van der Waals surface area contributed by atoms with Crippen molar-refractivity contribution < 1.29 is 19.4 Å². The van der Waals surface area contributed by atoms with Crippen molar-refractivity contribution >= 4 is 35.3 Å². The maximum absolute atomic E-state index is 13.9. The van der Waals surface area contributed by atoms with E-state index in [1.165, 1.54) is 25.7 Å². The van der Waals surface area contributed by atoms with Crippen LogP contribution in [0.2, 0.25) is 0 Å². The van der Waals surface area contributed by atoms with Gasteiger partial charge in [0.1, 0.15) is 5.82 Å². The number of rotatable bonds is 7. The van der Waals surface area contributed by atoms with Crippen molar-refractivity contribution in [1.82, 2.24) is 24.8 Å². The van der Waals surface area contributed by atoms with Gasteiger partial charge in [0.2, 0.25) is 24.2 Å². The molecule has 2 saturated heterocycles. The maximum Gasteiger partial charge on any atom is 0.249 e. The number of nitrogens with one attached hydrogen (secondary N) is 1. The van der Waals surface area contributed by atoms with Gasteiger partial charge in [-0.15, -0.1) is 0 Å². The Morgan fingerprint density at radius 3 is 2.44 bits per heavy atom.